The van der Waals surface area contributed by atoms with Crippen LogP contribution in [0.5, 0.6) is 0 Å². The molecule has 1 aliphatic carbocycles. The molecule has 0 aromatic carbocycles. The lowest BCUT2D eigenvalue weighted by Gasteiger charge is -2.13. The Bertz CT molecular complexity index is 1020. The van der Waals surface area contributed by atoms with Crippen LogP contribution in [0, 0.1) is 11.3 Å². The predicted octanol–water partition coefficient (Wildman–Crippen LogP) is 4.62. The van der Waals surface area contributed by atoms with Gasteiger partial charge in [0.25, 0.3) is 0 Å². The van der Waals surface area contributed by atoms with Crippen molar-refractivity contribution in [3.05, 3.63) is 33.8 Å². The smallest absolute Gasteiger partial charge is 0.238 e. The molecule has 4 rings (SSSR count). The summed E-state index contributed by atoms with van der Waals surface area (Å²) in [6.07, 6.45) is 6.20. The molecule has 0 spiro atoms. The fraction of sp³-hybridized carbons (Fsp3) is 0.333. The molecule has 8 heteroatoms. The van der Waals surface area contributed by atoms with Gasteiger partial charge in [0.2, 0.25) is 5.91 Å². The number of amides is 1. The summed E-state index contributed by atoms with van der Waals surface area (Å²) in [6.45, 7) is 1.87. The van der Waals surface area contributed by atoms with E-state index in [4.69, 9.17) is 5.26 Å². The van der Waals surface area contributed by atoms with Crippen LogP contribution in [-0.2, 0) is 17.6 Å². The van der Waals surface area contributed by atoms with Gasteiger partial charge in [-0.15, -0.1) is 22.7 Å². The van der Waals surface area contributed by atoms with E-state index >= 15 is 0 Å². The quantitative estimate of drug-likeness (QED) is 0.510. The van der Waals surface area contributed by atoms with E-state index in [0.717, 1.165) is 28.1 Å². The van der Waals surface area contributed by atoms with Crippen LogP contribution in [0.15, 0.2) is 22.8 Å². The first-order valence-electron chi connectivity index (χ1n) is 8.37. The molecule has 0 saturated carbocycles. The molecule has 1 atom stereocenters. The number of carbonyl (C=O) groups is 1. The van der Waals surface area contributed by atoms with Crippen LogP contribution in [0.4, 0.5) is 5.00 Å². The lowest BCUT2D eigenvalue weighted by atomic mass is 9.97. The molecule has 5 nitrogen and oxygen atoms in total. The number of hydrogen-bond donors (Lipinski definition) is 1. The van der Waals surface area contributed by atoms with Gasteiger partial charge in [-0.1, -0.05) is 11.8 Å². The van der Waals surface area contributed by atoms with Crippen LogP contribution in [0.1, 0.15) is 35.8 Å². The number of rotatable bonds is 4. The second-order valence-corrected chi connectivity index (χ2v) is 9.42. The highest BCUT2D eigenvalue weighted by molar-refractivity contribution is 8.00. The van der Waals surface area contributed by atoms with Gasteiger partial charge in [0, 0.05) is 10.3 Å². The van der Waals surface area contributed by atoms with Crippen molar-refractivity contribution >= 4 is 55.6 Å². The number of aryl methyl sites for hydroxylation is 2. The number of carbonyl (C=O) groups excluding carboxylic acids is 1. The summed E-state index contributed by atoms with van der Waals surface area (Å²) < 4.78 is 0. The highest BCUT2D eigenvalue weighted by Crippen LogP contribution is 2.40. The number of hydrogen-bond acceptors (Lipinski definition) is 7. The summed E-state index contributed by atoms with van der Waals surface area (Å²) in [6, 6.07) is 3.81. The van der Waals surface area contributed by atoms with Crippen LogP contribution >= 0.6 is 34.4 Å². The van der Waals surface area contributed by atoms with Gasteiger partial charge in [0.1, 0.15) is 27.3 Å². The molecule has 1 N–H and O–H groups in total. The van der Waals surface area contributed by atoms with Gasteiger partial charge >= 0.3 is 0 Å². The summed E-state index contributed by atoms with van der Waals surface area (Å²) in [5, 5.41) is 16.0. The normalized spacial score (nSPS) is 14.6. The minimum Gasteiger partial charge on any atom is -0.316 e. The van der Waals surface area contributed by atoms with Crippen molar-refractivity contribution in [3.63, 3.8) is 0 Å². The molecule has 3 aromatic heterocycles. The Kier molecular flexibility index (Phi) is 4.94. The number of nitrogens with zero attached hydrogens (tertiary/aromatic N) is 3. The molecule has 3 heterocycles. The van der Waals surface area contributed by atoms with Gasteiger partial charge in [-0.3, -0.25) is 4.79 Å². The molecule has 0 unspecified atom stereocenters. The Hall–Kier alpha value is -1.95. The van der Waals surface area contributed by atoms with E-state index in [2.05, 4.69) is 21.4 Å². The van der Waals surface area contributed by atoms with E-state index in [9.17, 15) is 4.79 Å². The monoisotopic (exact) mass is 400 g/mol. The van der Waals surface area contributed by atoms with Gasteiger partial charge in [0.05, 0.1) is 10.8 Å². The minimum absolute atomic E-state index is 0.121. The first-order chi connectivity index (χ1) is 12.7. The molecule has 132 valence electrons. The molecule has 0 fully saturated rings. The van der Waals surface area contributed by atoms with E-state index in [-0.39, 0.29) is 11.2 Å². The third-order valence-electron chi connectivity index (χ3n) is 4.40. The number of thiophene rings is 2. The Balaban J connectivity index is 1.58. The number of fused-ring (bicyclic) bond motifs is 3. The van der Waals surface area contributed by atoms with Crippen LogP contribution in [0.25, 0.3) is 10.2 Å². The van der Waals surface area contributed by atoms with Crippen LogP contribution in [0.3, 0.4) is 0 Å². The van der Waals surface area contributed by atoms with Crippen molar-refractivity contribution in [2.45, 2.75) is 42.9 Å². The standard InChI is InChI=1S/C18H16N4OS3/c1-10(15(23)22-16-11(8-19)6-7-24-16)25-17-14-12-4-2-3-5-13(12)26-18(14)21-9-20-17/h6-7,9-10H,2-5H2,1H3,(H,22,23)/t10-/m0/s1. The van der Waals surface area contributed by atoms with Gasteiger partial charge in [0.15, 0.2) is 0 Å². The highest BCUT2D eigenvalue weighted by Gasteiger charge is 2.23. The number of aromatic nitrogens is 2. The van der Waals surface area contributed by atoms with Crippen molar-refractivity contribution in [2.24, 2.45) is 0 Å². The minimum atomic E-state index is -0.319. The maximum atomic E-state index is 12.6. The van der Waals surface area contributed by atoms with Crippen molar-refractivity contribution in [1.82, 2.24) is 9.97 Å². The van der Waals surface area contributed by atoms with E-state index in [1.54, 1.807) is 29.1 Å². The van der Waals surface area contributed by atoms with E-state index < -0.39 is 0 Å². The van der Waals surface area contributed by atoms with Gasteiger partial charge in [-0.2, -0.15) is 5.26 Å². The SMILES string of the molecule is C[C@H](Sc1ncnc2sc3c(c12)CCCC3)C(=O)Nc1sccc1C#N. The molecule has 1 amide bonds. The highest BCUT2D eigenvalue weighted by atomic mass is 32.2. The topological polar surface area (TPSA) is 78.7 Å². The fourth-order valence-electron chi connectivity index (χ4n) is 3.08. The Morgan fingerprint density at radius 3 is 3.08 bits per heavy atom. The molecule has 26 heavy (non-hydrogen) atoms. The first kappa shape index (κ1) is 17.5. The zero-order chi connectivity index (χ0) is 18.1. The van der Waals surface area contributed by atoms with E-state index in [1.807, 2.05) is 6.92 Å². The van der Waals surface area contributed by atoms with Gasteiger partial charge < -0.3 is 5.32 Å². The van der Waals surface area contributed by atoms with Crippen molar-refractivity contribution in [1.29, 1.82) is 5.26 Å². The van der Waals surface area contributed by atoms with Crippen LogP contribution in [-0.4, -0.2) is 21.1 Å². The van der Waals surface area contributed by atoms with E-state index in [0.29, 0.717) is 10.6 Å². The average Bonchev–Trinajstić information content (AvgIpc) is 3.25. The molecule has 1 aliphatic rings. The molecule has 0 radical (unpaired) electrons. The molecule has 0 saturated heterocycles. The Morgan fingerprint density at radius 1 is 1.38 bits per heavy atom. The van der Waals surface area contributed by atoms with Crippen molar-refractivity contribution < 1.29 is 4.79 Å². The number of nitrogens with one attached hydrogen (secondary N) is 1. The largest absolute Gasteiger partial charge is 0.316 e. The second-order valence-electron chi connectivity index (χ2n) is 6.09. The summed E-state index contributed by atoms with van der Waals surface area (Å²) in [7, 11) is 0. The molecule has 0 aliphatic heterocycles. The van der Waals surface area contributed by atoms with Crippen molar-refractivity contribution in [3.8, 4) is 6.07 Å². The maximum Gasteiger partial charge on any atom is 0.238 e. The predicted molar refractivity (Wildman–Crippen MR) is 107 cm³/mol. The lowest BCUT2D eigenvalue weighted by molar-refractivity contribution is -0.115. The molecular formula is C18H16N4OS3. The van der Waals surface area contributed by atoms with Crippen molar-refractivity contribution in [2.75, 3.05) is 5.32 Å². The molecule has 0 bridgehead atoms. The summed E-state index contributed by atoms with van der Waals surface area (Å²) in [5.41, 5.74) is 1.87. The summed E-state index contributed by atoms with van der Waals surface area (Å²) >= 11 is 4.58. The van der Waals surface area contributed by atoms with E-state index in [1.165, 1.54) is 46.4 Å². The number of nitriles is 1. The molecule has 3 aromatic rings. The van der Waals surface area contributed by atoms with Crippen LogP contribution < -0.4 is 5.32 Å². The fourth-order valence-corrected chi connectivity index (χ4v) is 6.06. The Morgan fingerprint density at radius 2 is 2.23 bits per heavy atom. The number of thioether (sulfide) groups is 1. The average molecular weight is 401 g/mol. The first-order valence-corrected chi connectivity index (χ1v) is 11.0. The summed E-state index contributed by atoms with van der Waals surface area (Å²) in [5.74, 6) is -0.121. The van der Waals surface area contributed by atoms with Gasteiger partial charge in [-0.25, -0.2) is 9.97 Å². The maximum absolute atomic E-state index is 12.6. The molecular weight excluding hydrogens is 384 g/mol. The lowest BCUT2D eigenvalue weighted by Crippen LogP contribution is -2.22. The van der Waals surface area contributed by atoms with Crippen LogP contribution in [0.2, 0.25) is 0 Å². The third kappa shape index (κ3) is 3.22. The second kappa shape index (κ2) is 7.35. The van der Waals surface area contributed by atoms with Gasteiger partial charge in [-0.05, 0) is 49.6 Å². The third-order valence-corrected chi connectivity index (χ3v) is 7.53. The Labute approximate surface area is 163 Å². The summed E-state index contributed by atoms with van der Waals surface area (Å²) in [4.78, 5) is 23.9. The zero-order valence-electron chi connectivity index (χ0n) is 14.1. The number of anilines is 1. The zero-order valence-corrected chi connectivity index (χ0v) is 16.6.